The van der Waals surface area contributed by atoms with E-state index in [1.165, 1.54) is 64.7 Å². The lowest BCUT2D eigenvalue weighted by Crippen LogP contribution is -2.59. The molecule has 2 fully saturated rings. The maximum atomic E-state index is 5.59. The van der Waals surface area contributed by atoms with E-state index in [0.29, 0.717) is 11.6 Å². The van der Waals surface area contributed by atoms with Crippen molar-refractivity contribution >= 4 is 0 Å². The molecule has 0 atom stereocenters. The van der Waals surface area contributed by atoms with E-state index in [2.05, 4.69) is 24.1 Å². The minimum Gasteiger partial charge on any atom is -0.379 e. The number of ether oxygens (including phenoxy) is 1. The molecule has 1 aliphatic heterocycles. The van der Waals surface area contributed by atoms with Crippen LogP contribution in [0.2, 0.25) is 0 Å². The van der Waals surface area contributed by atoms with Crippen molar-refractivity contribution in [1.82, 2.24) is 10.2 Å². The molecule has 1 aliphatic carbocycles. The van der Waals surface area contributed by atoms with E-state index in [4.69, 9.17) is 4.74 Å². The summed E-state index contributed by atoms with van der Waals surface area (Å²) >= 11 is 0. The predicted molar refractivity (Wildman–Crippen MR) is 76.0 cm³/mol. The molecule has 2 rings (SSSR count). The Kier molecular flexibility index (Phi) is 5.46. The molecule has 0 unspecified atom stereocenters. The van der Waals surface area contributed by atoms with Crippen molar-refractivity contribution < 1.29 is 4.74 Å². The summed E-state index contributed by atoms with van der Waals surface area (Å²) in [7, 11) is 0. The number of unbranched alkanes of at least 4 members (excludes halogenated alkanes) is 1. The van der Waals surface area contributed by atoms with Gasteiger partial charge in [-0.2, -0.15) is 0 Å². The summed E-state index contributed by atoms with van der Waals surface area (Å²) < 4.78 is 5.59. The van der Waals surface area contributed by atoms with Crippen LogP contribution in [0.5, 0.6) is 0 Å². The second-order valence-electron chi connectivity index (χ2n) is 6.32. The van der Waals surface area contributed by atoms with Crippen molar-refractivity contribution in [1.29, 1.82) is 0 Å². The maximum Gasteiger partial charge on any atom is 0.0518 e. The Morgan fingerprint density at radius 2 is 2.00 bits per heavy atom. The Balaban J connectivity index is 1.61. The summed E-state index contributed by atoms with van der Waals surface area (Å²) in [4.78, 5) is 2.66. The highest BCUT2D eigenvalue weighted by molar-refractivity contribution is 4.97. The molecule has 2 aliphatic rings. The van der Waals surface area contributed by atoms with Gasteiger partial charge in [-0.15, -0.1) is 0 Å². The van der Waals surface area contributed by atoms with Gasteiger partial charge in [-0.3, -0.25) is 0 Å². The van der Waals surface area contributed by atoms with Crippen LogP contribution in [0.15, 0.2) is 0 Å². The highest BCUT2D eigenvalue weighted by Crippen LogP contribution is 2.31. The molecular formula is C15H30N2O. The second-order valence-corrected chi connectivity index (χ2v) is 6.32. The Morgan fingerprint density at radius 3 is 2.72 bits per heavy atom. The van der Waals surface area contributed by atoms with E-state index in [1.807, 2.05) is 0 Å². The quantitative estimate of drug-likeness (QED) is 0.737. The van der Waals surface area contributed by atoms with E-state index in [1.54, 1.807) is 0 Å². The smallest absolute Gasteiger partial charge is 0.0518 e. The first-order chi connectivity index (χ1) is 8.70. The Hall–Kier alpha value is -0.120. The third-order valence-corrected chi connectivity index (χ3v) is 4.33. The van der Waals surface area contributed by atoms with Crippen LogP contribution in [0.1, 0.15) is 52.4 Å². The third-order valence-electron chi connectivity index (χ3n) is 4.33. The van der Waals surface area contributed by atoms with Gasteiger partial charge in [0.15, 0.2) is 0 Å². The summed E-state index contributed by atoms with van der Waals surface area (Å²) in [5, 5.41) is 3.77. The fourth-order valence-corrected chi connectivity index (χ4v) is 3.38. The fraction of sp³-hybridized carbons (Fsp3) is 1.00. The number of hydrogen-bond acceptors (Lipinski definition) is 3. The fourth-order valence-electron chi connectivity index (χ4n) is 3.38. The van der Waals surface area contributed by atoms with Crippen LogP contribution in [0.25, 0.3) is 0 Å². The van der Waals surface area contributed by atoms with Gasteiger partial charge in [0, 0.05) is 31.8 Å². The van der Waals surface area contributed by atoms with Crippen molar-refractivity contribution in [3.63, 3.8) is 0 Å². The monoisotopic (exact) mass is 254 g/mol. The first-order valence-electron chi connectivity index (χ1n) is 7.79. The zero-order valence-corrected chi connectivity index (χ0v) is 12.2. The van der Waals surface area contributed by atoms with Gasteiger partial charge in [0.25, 0.3) is 0 Å². The highest BCUT2D eigenvalue weighted by atomic mass is 16.5. The van der Waals surface area contributed by atoms with Crippen LogP contribution in [-0.4, -0.2) is 49.3 Å². The summed E-state index contributed by atoms with van der Waals surface area (Å²) in [5.74, 6) is 0. The van der Waals surface area contributed by atoms with Crippen LogP contribution in [0, 0.1) is 0 Å². The molecular weight excluding hydrogens is 224 g/mol. The van der Waals surface area contributed by atoms with Gasteiger partial charge >= 0.3 is 0 Å². The van der Waals surface area contributed by atoms with Gasteiger partial charge in [0.1, 0.15) is 0 Å². The van der Waals surface area contributed by atoms with Gasteiger partial charge in [-0.1, -0.05) is 12.8 Å². The number of hydrogen-bond donors (Lipinski definition) is 1. The molecule has 1 heterocycles. The molecule has 18 heavy (non-hydrogen) atoms. The minimum atomic E-state index is 0.381. The summed E-state index contributed by atoms with van der Waals surface area (Å²) in [6.07, 6.45) is 8.48. The van der Waals surface area contributed by atoms with E-state index >= 15 is 0 Å². The molecule has 1 saturated heterocycles. The van der Waals surface area contributed by atoms with Gasteiger partial charge in [-0.05, 0) is 46.1 Å². The highest BCUT2D eigenvalue weighted by Gasteiger charge is 2.37. The Morgan fingerprint density at radius 1 is 1.22 bits per heavy atom. The molecule has 0 aromatic rings. The predicted octanol–water partition coefficient (Wildman–Crippen LogP) is 2.41. The maximum absolute atomic E-state index is 5.59. The lowest BCUT2D eigenvalue weighted by Gasteiger charge is -2.41. The molecule has 0 radical (unpaired) electrons. The Bertz CT molecular complexity index is 237. The first kappa shape index (κ1) is 14.3. The van der Waals surface area contributed by atoms with E-state index < -0.39 is 0 Å². The van der Waals surface area contributed by atoms with Crippen molar-refractivity contribution in [2.45, 2.75) is 64.0 Å². The molecule has 1 saturated carbocycles. The standard InChI is InChI=1S/C15H30N2O/c1-14(2)18-12-6-5-10-17-11-9-16-15(13-17)7-3-4-8-15/h14,16H,3-13H2,1-2H3. The van der Waals surface area contributed by atoms with Crippen molar-refractivity contribution in [2.75, 3.05) is 32.8 Å². The molecule has 106 valence electrons. The molecule has 0 aromatic carbocycles. The lowest BCUT2D eigenvalue weighted by atomic mass is 9.94. The average molecular weight is 254 g/mol. The topological polar surface area (TPSA) is 24.5 Å². The minimum absolute atomic E-state index is 0.381. The second kappa shape index (κ2) is 6.88. The van der Waals surface area contributed by atoms with Gasteiger partial charge in [0.05, 0.1) is 6.10 Å². The molecule has 0 aromatic heterocycles. The molecule has 1 spiro atoms. The Labute approximate surface area is 112 Å². The third kappa shape index (κ3) is 4.22. The molecule has 0 bridgehead atoms. The molecule has 3 heteroatoms. The molecule has 1 N–H and O–H groups in total. The normalized spacial score (nSPS) is 24.2. The number of piperazine rings is 1. The SMILES string of the molecule is CC(C)OCCCCN1CCNC2(CCCC2)C1. The van der Waals surface area contributed by atoms with Crippen LogP contribution in [0.3, 0.4) is 0 Å². The van der Waals surface area contributed by atoms with Crippen LogP contribution < -0.4 is 5.32 Å². The van der Waals surface area contributed by atoms with Crippen molar-refractivity contribution in [2.24, 2.45) is 0 Å². The summed E-state index contributed by atoms with van der Waals surface area (Å²) in [6, 6.07) is 0. The van der Waals surface area contributed by atoms with Crippen LogP contribution >= 0.6 is 0 Å². The number of rotatable bonds is 6. The number of nitrogens with zero attached hydrogens (tertiary/aromatic N) is 1. The zero-order chi connectivity index (χ0) is 12.8. The van der Waals surface area contributed by atoms with Crippen molar-refractivity contribution in [3.05, 3.63) is 0 Å². The van der Waals surface area contributed by atoms with Gasteiger partial charge in [-0.25, -0.2) is 0 Å². The lowest BCUT2D eigenvalue weighted by molar-refractivity contribution is 0.0715. The van der Waals surface area contributed by atoms with Crippen LogP contribution in [0.4, 0.5) is 0 Å². The van der Waals surface area contributed by atoms with Crippen molar-refractivity contribution in [3.8, 4) is 0 Å². The molecule has 0 amide bonds. The van der Waals surface area contributed by atoms with Crippen LogP contribution in [-0.2, 0) is 4.74 Å². The summed E-state index contributed by atoms with van der Waals surface area (Å²) in [6.45, 7) is 10.1. The summed E-state index contributed by atoms with van der Waals surface area (Å²) in [5.41, 5.74) is 0.479. The number of nitrogens with one attached hydrogen (secondary N) is 1. The largest absolute Gasteiger partial charge is 0.379 e. The average Bonchev–Trinajstić information content (AvgIpc) is 2.76. The first-order valence-corrected chi connectivity index (χ1v) is 7.79. The van der Waals surface area contributed by atoms with E-state index in [9.17, 15) is 0 Å². The van der Waals surface area contributed by atoms with E-state index in [-0.39, 0.29) is 0 Å². The van der Waals surface area contributed by atoms with E-state index in [0.717, 1.165) is 6.61 Å². The zero-order valence-electron chi connectivity index (χ0n) is 12.2. The molecule has 3 nitrogen and oxygen atoms in total. The van der Waals surface area contributed by atoms with Gasteiger partial charge < -0.3 is 15.0 Å². The van der Waals surface area contributed by atoms with Gasteiger partial charge in [0.2, 0.25) is 0 Å².